The van der Waals surface area contributed by atoms with Crippen LogP contribution in [0.3, 0.4) is 0 Å². The fraction of sp³-hybridized carbons (Fsp3) is 0.600. The molecule has 0 aromatic heterocycles. The van der Waals surface area contributed by atoms with Crippen molar-refractivity contribution in [2.24, 2.45) is 5.92 Å². The summed E-state index contributed by atoms with van der Waals surface area (Å²) < 4.78 is 0. The summed E-state index contributed by atoms with van der Waals surface area (Å²) in [5, 5.41) is 8.21. The maximum atomic E-state index is 13.2. The zero-order valence-corrected chi connectivity index (χ0v) is 21.1. The van der Waals surface area contributed by atoms with Gasteiger partial charge < -0.3 is 16.0 Å². The number of hydrogen-bond donors (Lipinski definition) is 3. The van der Waals surface area contributed by atoms with Crippen LogP contribution in [0.4, 0.5) is 0 Å². The van der Waals surface area contributed by atoms with Crippen LogP contribution in [0.5, 0.6) is 0 Å². The number of Topliss-reactive ketones (excluding diaryl/α,β-unsaturated/α-hetero) is 1. The Morgan fingerprint density at radius 2 is 1.73 bits per heavy atom. The molecule has 0 aromatic carbocycles. The first kappa shape index (κ1) is 28.7. The van der Waals surface area contributed by atoms with Gasteiger partial charge in [0.25, 0.3) is 0 Å². The molecule has 3 unspecified atom stereocenters. The van der Waals surface area contributed by atoms with E-state index in [2.05, 4.69) is 28.1 Å². The second kappa shape index (κ2) is 16.3. The number of amides is 3. The largest absolute Gasteiger partial charge is 0.347 e. The highest BCUT2D eigenvalue weighted by Crippen LogP contribution is 2.14. The number of nitrogens with one attached hydrogen (secondary N) is 3. The van der Waals surface area contributed by atoms with Gasteiger partial charge in [-0.05, 0) is 55.6 Å². The Bertz CT molecular complexity index is 746. The molecule has 3 atom stereocenters. The second-order valence-corrected chi connectivity index (χ2v) is 9.53. The lowest BCUT2D eigenvalue weighted by atomic mass is 9.97. The topological polar surface area (TPSA) is 104 Å². The molecule has 0 heterocycles. The number of thioether (sulfide) groups is 1. The van der Waals surface area contributed by atoms with Crippen LogP contribution in [0.1, 0.15) is 59.3 Å². The number of carbonyl (C=O) groups is 4. The van der Waals surface area contributed by atoms with Crippen LogP contribution in [0.2, 0.25) is 0 Å². The van der Waals surface area contributed by atoms with Crippen molar-refractivity contribution < 1.29 is 19.2 Å². The Morgan fingerprint density at radius 3 is 2.36 bits per heavy atom. The molecule has 0 saturated heterocycles. The zero-order valence-electron chi connectivity index (χ0n) is 20.3. The third-order valence-electron chi connectivity index (χ3n) is 5.31. The highest BCUT2D eigenvalue weighted by Gasteiger charge is 2.29. The van der Waals surface area contributed by atoms with Crippen LogP contribution >= 0.6 is 11.8 Å². The molecule has 8 heteroatoms. The summed E-state index contributed by atoms with van der Waals surface area (Å²) in [5.41, 5.74) is 0.967. The molecule has 7 nitrogen and oxygen atoms in total. The van der Waals surface area contributed by atoms with Crippen molar-refractivity contribution in [3.8, 4) is 0 Å². The molecular formula is C25H39N3O4S. The van der Waals surface area contributed by atoms with Crippen molar-refractivity contribution in [1.29, 1.82) is 0 Å². The minimum Gasteiger partial charge on any atom is -0.347 e. The van der Waals surface area contributed by atoms with E-state index < -0.39 is 24.0 Å². The third-order valence-corrected chi connectivity index (χ3v) is 5.95. The molecule has 0 saturated carbocycles. The van der Waals surface area contributed by atoms with Crippen molar-refractivity contribution in [1.82, 2.24) is 16.0 Å². The average Bonchev–Trinajstić information content (AvgIpc) is 2.76. The molecule has 1 aliphatic rings. The van der Waals surface area contributed by atoms with Gasteiger partial charge in [-0.15, -0.1) is 0 Å². The first-order valence-electron chi connectivity index (χ1n) is 11.7. The summed E-state index contributed by atoms with van der Waals surface area (Å²) in [6.45, 7) is 5.71. The van der Waals surface area contributed by atoms with E-state index in [1.54, 1.807) is 18.7 Å². The van der Waals surface area contributed by atoms with E-state index in [1.165, 1.54) is 0 Å². The SMILES string of the molecule is CCC(=O)C(CC1=CC=CCCC=C1)NC(=O)C(CC(C)C)NC(=O)C(CCSC)NC=O. The predicted molar refractivity (Wildman–Crippen MR) is 135 cm³/mol. The minimum absolute atomic E-state index is 0.0567. The normalized spacial score (nSPS) is 16.1. The lowest BCUT2D eigenvalue weighted by molar-refractivity contribution is -0.132. The molecule has 3 N–H and O–H groups in total. The van der Waals surface area contributed by atoms with E-state index in [0.29, 0.717) is 37.8 Å². The Labute approximate surface area is 202 Å². The molecule has 3 amide bonds. The van der Waals surface area contributed by atoms with E-state index in [0.717, 1.165) is 18.4 Å². The number of ketones is 1. The van der Waals surface area contributed by atoms with Gasteiger partial charge in [-0.25, -0.2) is 0 Å². The van der Waals surface area contributed by atoms with Gasteiger partial charge in [0, 0.05) is 6.42 Å². The molecular weight excluding hydrogens is 438 g/mol. The van der Waals surface area contributed by atoms with Gasteiger partial charge in [0.15, 0.2) is 5.78 Å². The summed E-state index contributed by atoms with van der Waals surface area (Å²) in [6, 6.07) is -2.17. The first-order chi connectivity index (χ1) is 15.8. The van der Waals surface area contributed by atoms with Crippen LogP contribution in [0.15, 0.2) is 36.0 Å². The monoisotopic (exact) mass is 477 g/mol. The third kappa shape index (κ3) is 11.4. The van der Waals surface area contributed by atoms with Crippen LogP contribution < -0.4 is 16.0 Å². The molecule has 0 aromatic rings. The molecule has 1 rings (SSSR count). The Balaban J connectivity index is 2.98. The van der Waals surface area contributed by atoms with Crippen molar-refractivity contribution in [3.05, 3.63) is 36.0 Å². The Morgan fingerprint density at radius 1 is 1.06 bits per heavy atom. The van der Waals surface area contributed by atoms with Gasteiger partial charge in [0.1, 0.15) is 12.1 Å². The van der Waals surface area contributed by atoms with Crippen molar-refractivity contribution in [2.45, 2.75) is 77.4 Å². The van der Waals surface area contributed by atoms with Gasteiger partial charge in [0.2, 0.25) is 18.2 Å². The van der Waals surface area contributed by atoms with E-state index in [9.17, 15) is 19.2 Å². The molecule has 0 spiro atoms. The number of allylic oxidation sites excluding steroid dienone is 5. The van der Waals surface area contributed by atoms with Crippen LogP contribution in [-0.2, 0) is 19.2 Å². The van der Waals surface area contributed by atoms with Crippen molar-refractivity contribution in [3.63, 3.8) is 0 Å². The van der Waals surface area contributed by atoms with Gasteiger partial charge in [-0.1, -0.05) is 51.2 Å². The van der Waals surface area contributed by atoms with Crippen molar-refractivity contribution in [2.75, 3.05) is 12.0 Å². The van der Waals surface area contributed by atoms with Crippen LogP contribution in [0.25, 0.3) is 0 Å². The summed E-state index contributed by atoms with van der Waals surface area (Å²) in [5.74, 6) is 0.00490. The summed E-state index contributed by atoms with van der Waals surface area (Å²) in [6.07, 6.45) is 16.0. The summed E-state index contributed by atoms with van der Waals surface area (Å²) in [4.78, 5) is 49.5. The Kier molecular flexibility index (Phi) is 14.2. The minimum atomic E-state index is -0.795. The highest BCUT2D eigenvalue weighted by atomic mass is 32.2. The van der Waals surface area contributed by atoms with Crippen molar-refractivity contribution >= 4 is 35.8 Å². The molecule has 1 aliphatic carbocycles. The Hall–Kier alpha value is -2.35. The summed E-state index contributed by atoms with van der Waals surface area (Å²) >= 11 is 1.57. The zero-order chi connectivity index (χ0) is 24.6. The number of carbonyl (C=O) groups excluding carboxylic acids is 4. The molecule has 0 bridgehead atoms. The predicted octanol–water partition coefficient (Wildman–Crippen LogP) is 3.07. The lowest BCUT2D eigenvalue weighted by Crippen LogP contribution is -2.55. The molecule has 33 heavy (non-hydrogen) atoms. The van der Waals surface area contributed by atoms with E-state index in [-0.39, 0.29) is 17.6 Å². The number of rotatable bonds is 15. The smallest absolute Gasteiger partial charge is 0.243 e. The van der Waals surface area contributed by atoms with Crippen LogP contribution in [-0.4, -0.2) is 54.1 Å². The summed E-state index contributed by atoms with van der Waals surface area (Å²) in [7, 11) is 0. The second-order valence-electron chi connectivity index (χ2n) is 8.54. The lowest BCUT2D eigenvalue weighted by Gasteiger charge is -2.26. The van der Waals surface area contributed by atoms with Crippen LogP contribution in [0, 0.1) is 5.92 Å². The average molecular weight is 478 g/mol. The van der Waals surface area contributed by atoms with Gasteiger partial charge in [0.05, 0.1) is 6.04 Å². The molecule has 184 valence electrons. The highest BCUT2D eigenvalue weighted by molar-refractivity contribution is 7.98. The fourth-order valence-corrected chi connectivity index (χ4v) is 3.96. The quantitative estimate of drug-likeness (QED) is 0.315. The molecule has 0 aliphatic heterocycles. The number of hydrogen-bond acceptors (Lipinski definition) is 5. The first-order valence-corrected chi connectivity index (χ1v) is 13.1. The van der Waals surface area contributed by atoms with Gasteiger partial charge >= 0.3 is 0 Å². The molecule has 0 radical (unpaired) electrons. The molecule has 0 fully saturated rings. The standard InChI is InChI=1S/C25H39N3O4S/c1-5-23(30)21(16-19-11-9-7-6-8-10-12-19)27-25(32)22(15-18(2)3)28-24(31)20(26-17-29)13-14-33-4/h7,9-12,17-18,20-22H,5-6,8,13-16H2,1-4H3,(H,26,29)(H,27,32)(H,28,31). The van der Waals surface area contributed by atoms with E-state index in [1.807, 2.05) is 38.3 Å². The maximum absolute atomic E-state index is 13.2. The van der Waals surface area contributed by atoms with Gasteiger partial charge in [-0.3, -0.25) is 19.2 Å². The van der Waals surface area contributed by atoms with E-state index >= 15 is 0 Å². The fourth-order valence-electron chi connectivity index (χ4n) is 3.49. The van der Waals surface area contributed by atoms with Gasteiger partial charge in [-0.2, -0.15) is 11.8 Å². The maximum Gasteiger partial charge on any atom is 0.243 e. The van der Waals surface area contributed by atoms with E-state index in [4.69, 9.17) is 0 Å².